The fourth-order valence-corrected chi connectivity index (χ4v) is 18.0. The van der Waals surface area contributed by atoms with E-state index in [4.69, 9.17) is 0 Å². The van der Waals surface area contributed by atoms with Crippen LogP contribution in [0.3, 0.4) is 0 Å². The zero-order valence-electron chi connectivity index (χ0n) is 31.8. The van der Waals surface area contributed by atoms with Crippen molar-refractivity contribution in [2.75, 3.05) is 0 Å². The van der Waals surface area contributed by atoms with E-state index >= 15 is 0 Å². The zero-order valence-corrected chi connectivity index (χ0v) is 39.7. The average Bonchev–Trinajstić information content (AvgIpc) is 3.08. The Labute approximate surface area is 326 Å². The molecule has 47 heavy (non-hydrogen) atoms. The third-order valence-electron chi connectivity index (χ3n) is 10.6. The van der Waals surface area contributed by atoms with Gasteiger partial charge in [0.25, 0.3) is 0 Å². The van der Waals surface area contributed by atoms with Crippen molar-refractivity contribution >= 4 is 63.4 Å². The monoisotopic (exact) mass is 790 g/mol. The van der Waals surface area contributed by atoms with Crippen LogP contribution in [0.4, 0.5) is 0 Å². The molecule has 3 aromatic rings. The maximum atomic E-state index is 4.26. The Morgan fingerprint density at radius 3 is 0.979 bits per heavy atom. The summed E-state index contributed by atoms with van der Waals surface area (Å²) in [7, 11) is -7.61. The number of hydrogen-bond donors (Lipinski definition) is 0. The summed E-state index contributed by atoms with van der Waals surface area (Å²) in [6, 6.07) is 22.8. The van der Waals surface area contributed by atoms with E-state index in [0.717, 1.165) is 0 Å². The maximum absolute atomic E-state index is 4.26. The Hall–Kier alpha value is -0.408. The van der Waals surface area contributed by atoms with Crippen LogP contribution in [-0.4, -0.2) is 32.3 Å². The number of aryl methyl sites for hydroxylation is 3. The van der Waals surface area contributed by atoms with Gasteiger partial charge in [-0.05, 0) is 36.3 Å². The molecule has 0 fully saturated rings. The van der Waals surface area contributed by atoms with Crippen molar-refractivity contribution in [2.24, 2.45) is 0 Å². The molecule has 0 radical (unpaired) electrons. The van der Waals surface area contributed by atoms with Gasteiger partial charge in [0.05, 0.1) is 24.2 Å². The number of benzene rings is 3. The second kappa shape index (κ2) is 15.9. The molecule has 0 aromatic heterocycles. The van der Waals surface area contributed by atoms with Crippen molar-refractivity contribution in [3.8, 4) is 0 Å². The number of rotatable bonds is 7. The van der Waals surface area contributed by atoms with Crippen molar-refractivity contribution in [3.05, 3.63) is 94.1 Å². The van der Waals surface area contributed by atoms with E-state index in [0.29, 0.717) is 0 Å². The summed E-state index contributed by atoms with van der Waals surface area (Å²) < 4.78 is 0. The summed E-state index contributed by atoms with van der Waals surface area (Å²) in [5, 5.41) is 9.23. The molecule has 0 saturated heterocycles. The van der Waals surface area contributed by atoms with Gasteiger partial charge in [-0.1, -0.05) is 172 Å². The van der Waals surface area contributed by atoms with Crippen molar-refractivity contribution in [3.63, 3.8) is 0 Å². The average molecular weight is 792 g/mol. The van der Waals surface area contributed by atoms with Gasteiger partial charge in [0.1, 0.15) is 8.07 Å². The number of hydrogen-bond acceptors (Lipinski definition) is 0. The first-order chi connectivity index (χ1) is 19.6. The molecule has 0 N–H and O–H groups in total. The van der Waals surface area contributed by atoms with Crippen LogP contribution in [0.5, 0.6) is 0 Å². The predicted octanol–water partition coefficient (Wildman–Crippen LogP) is -1.41. The van der Waals surface area contributed by atoms with Crippen LogP contribution in [-0.2, 0) is 21.7 Å². The van der Waals surface area contributed by atoms with Gasteiger partial charge in [-0.25, -0.2) is 5.57 Å². The van der Waals surface area contributed by atoms with Gasteiger partial charge < -0.3 is 37.2 Å². The van der Waals surface area contributed by atoms with Gasteiger partial charge >= 0.3 is 21.7 Å². The SMILES string of the molecule is CC1=[C-]C(C)([Si](c2cc([Si](C)(C)C)ccc2C)(c2cc([Si](C)(C)C)ccc2C)c2cc([Si](C)(C)C)ccc2C)C(C)=C1C.[Cl-].[Cl-].[Cl-].[Ti+4]. The molecule has 0 spiro atoms. The van der Waals surface area contributed by atoms with Crippen LogP contribution in [0.25, 0.3) is 0 Å². The van der Waals surface area contributed by atoms with Crippen LogP contribution >= 0.6 is 0 Å². The van der Waals surface area contributed by atoms with E-state index in [-0.39, 0.29) is 64.0 Å². The van der Waals surface area contributed by atoms with Crippen LogP contribution in [0, 0.1) is 26.8 Å². The van der Waals surface area contributed by atoms with E-state index in [1.807, 2.05) is 0 Å². The van der Waals surface area contributed by atoms with E-state index in [9.17, 15) is 0 Å². The van der Waals surface area contributed by atoms with E-state index in [2.05, 4.69) is 168 Å². The van der Waals surface area contributed by atoms with Crippen LogP contribution < -0.4 is 68.3 Å². The summed E-state index contributed by atoms with van der Waals surface area (Å²) >= 11 is 0. The first kappa shape index (κ1) is 46.6. The van der Waals surface area contributed by atoms with Crippen molar-refractivity contribution < 1.29 is 58.9 Å². The molecule has 0 saturated carbocycles. The molecule has 0 aliphatic heterocycles. The van der Waals surface area contributed by atoms with Crippen molar-refractivity contribution in [1.82, 2.24) is 0 Å². The Morgan fingerprint density at radius 1 is 0.489 bits per heavy atom. The van der Waals surface area contributed by atoms with Crippen LogP contribution in [0.1, 0.15) is 44.4 Å². The van der Waals surface area contributed by atoms with Crippen LogP contribution in [0.15, 0.2) is 71.3 Å². The number of halogens is 3. The van der Waals surface area contributed by atoms with E-state index in [1.165, 1.54) is 33.4 Å². The third kappa shape index (κ3) is 8.23. The predicted molar refractivity (Wildman–Crippen MR) is 206 cm³/mol. The second-order valence-corrected chi connectivity index (χ2v) is 36.1. The van der Waals surface area contributed by atoms with Gasteiger partial charge in [0.2, 0.25) is 0 Å². The van der Waals surface area contributed by atoms with Gasteiger partial charge in [0.15, 0.2) is 0 Å². The molecule has 0 heterocycles. The summed E-state index contributed by atoms with van der Waals surface area (Å²) in [6.45, 7) is 39.3. The topological polar surface area (TPSA) is 0 Å². The third-order valence-corrected chi connectivity index (χ3v) is 22.8. The van der Waals surface area contributed by atoms with Crippen LogP contribution in [0.2, 0.25) is 64.0 Å². The van der Waals surface area contributed by atoms with Gasteiger partial charge in [-0.3, -0.25) is 6.08 Å². The molecule has 8 heteroatoms. The first-order valence-electron chi connectivity index (χ1n) is 16.2. The molecule has 0 bridgehead atoms. The largest absolute Gasteiger partial charge is 4.00 e. The van der Waals surface area contributed by atoms with E-state index < -0.39 is 32.3 Å². The molecule has 3 aromatic carbocycles. The standard InChI is InChI=1S/C39H57Si4.3ClH.Ti/c1-27-17-20-33(40(8,9)10)23-36(27)43(39(7)26-30(4)31(5)32(39)6,37-24-34(41(11,12)13)21-18-28(37)2)38-25-35(42(14,15)16)22-19-29(38)3;;;;/h17-25H,1-16H3;3*1H;/q-1;;;;+4/p-3. The second-order valence-electron chi connectivity index (χ2n) is 16.7. The molecule has 254 valence electrons. The van der Waals surface area contributed by atoms with Crippen molar-refractivity contribution in [1.29, 1.82) is 0 Å². The molecule has 0 amide bonds. The molecule has 1 atom stereocenters. The number of allylic oxidation sites excluding steroid dienone is 4. The molecule has 0 nitrogen and oxygen atoms in total. The summed E-state index contributed by atoms with van der Waals surface area (Å²) in [4.78, 5) is 0. The molecule has 1 aliphatic carbocycles. The molecule has 1 aliphatic rings. The van der Waals surface area contributed by atoms with Gasteiger partial charge in [0, 0.05) is 0 Å². The van der Waals surface area contributed by atoms with Gasteiger partial charge in [-0.2, -0.15) is 11.1 Å². The zero-order chi connectivity index (χ0) is 32.5. The Balaban J connectivity index is 0.00000529. The first-order valence-corrected chi connectivity index (χ1v) is 28.7. The minimum atomic E-state index is -2.85. The summed E-state index contributed by atoms with van der Waals surface area (Å²) in [5.74, 6) is 0. The summed E-state index contributed by atoms with van der Waals surface area (Å²) in [6.07, 6.45) is 4.26. The Bertz CT molecular complexity index is 1500. The molecule has 4 rings (SSSR count). The Kier molecular flexibility index (Phi) is 15.7. The fraction of sp³-hybridized carbons (Fsp3) is 0.436. The normalized spacial score (nSPS) is 16.8. The minimum absolute atomic E-state index is 0. The quantitative estimate of drug-likeness (QED) is 0.157. The smallest absolute Gasteiger partial charge is 1.00 e. The minimum Gasteiger partial charge on any atom is -1.00 e. The molecular weight excluding hydrogens is 735 g/mol. The molecule has 1 unspecified atom stereocenters. The van der Waals surface area contributed by atoms with Crippen molar-refractivity contribution in [2.45, 2.75) is 112 Å². The fourth-order valence-electron chi connectivity index (χ4n) is 7.31. The van der Waals surface area contributed by atoms with Gasteiger partial charge in [-0.15, -0.1) is 6.92 Å². The summed E-state index contributed by atoms with van der Waals surface area (Å²) in [5.41, 5.74) is 8.56. The Morgan fingerprint density at radius 2 is 0.766 bits per heavy atom. The van der Waals surface area contributed by atoms with E-state index in [1.54, 1.807) is 31.1 Å². The molecular formula is C39H57Cl3Si4Ti. The maximum Gasteiger partial charge on any atom is 4.00 e.